The molecule has 1 aromatic carbocycles. The molecule has 3 aromatic heterocycles. The molecule has 3 heterocycles. The lowest BCUT2D eigenvalue weighted by Crippen LogP contribution is -2.32. The first-order chi connectivity index (χ1) is 13.6. The molecular weight excluding hydrogens is 377 g/mol. The summed E-state index contributed by atoms with van der Waals surface area (Å²) in [5.74, 6) is -0.536. The molecule has 0 fully saturated rings. The number of aromatic nitrogens is 4. The number of aryl methyl sites for hydroxylation is 1. The van der Waals surface area contributed by atoms with E-state index in [0.717, 1.165) is 11.1 Å². The number of hydrogen-bond donors (Lipinski definition) is 1. The molecule has 6 nitrogen and oxygen atoms in total. The Kier molecular flexibility index (Phi) is 5.03. The van der Waals surface area contributed by atoms with Crippen molar-refractivity contribution in [1.82, 2.24) is 24.9 Å². The second-order valence-electron chi connectivity index (χ2n) is 6.31. The molecule has 0 saturated carbocycles. The first kappa shape index (κ1) is 18.1. The lowest BCUT2D eigenvalue weighted by Gasteiger charge is -2.17. The van der Waals surface area contributed by atoms with E-state index in [1.54, 1.807) is 42.8 Å². The molecule has 142 valence electrons. The van der Waals surface area contributed by atoms with Crippen LogP contribution in [-0.4, -0.2) is 32.0 Å². The fourth-order valence-electron chi connectivity index (χ4n) is 3.02. The number of carbonyl (C=O) groups excluding carboxylic acids is 1. The Bertz CT molecular complexity index is 1020. The largest absolute Gasteiger partial charge is 0.348 e. The highest BCUT2D eigenvalue weighted by molar-refractivity contribution is 7.08. The highest BCUT2D eigenvalue weighted by Crippen LogP contribution is 2.21. The average Bonchev–Trinajstić information content (AvgIpc) is 3.45. The molecule has 1 amide bonds. The quantitative estimate of drug-likeness (QED) is 0.543. The van der Waals surface area contributed by atoms with Crippen molar-refractivity contribution in [3.63, 3.8) is 0 Å². The van der Waals surface area contributed by atoms with Gasteiger partial charge in [0.05, 0.1) is 11.7 Å². The summed E-state index contributed by atoms with van der Waals surface area (Å²) < 4.78 is 16.5. The van der Waals surface area contributed by atoms with E-state index in [2.05, 4.69) is 20.9 Å². The smallest absolute Gasteiger partial charge is 0.269 e. The summed E-state index contributed by atoms with van der Waals surface area (Å²) in [6.07, 6.45) is 3.60. The third kappa shape index (κ3) is 3.72. The molecule has 8 heteroatoms. The van der Waals surface area contributed by atoms with Gasteiger partial charge in [-0.05, 0) is 58.8 Å². The van der Waals surface area contributed by atoms with Gasteiger partial charge in [-0.1, -0.05) is 0 Å². The topological polar surface area (TPSA) is 64.7 Å². The predicted octanol–water partition coefficient (Wildman–Crippen LogP) is 3.50. The van der Waals surface area contributed by atoms with E-state index < -0.39 is 0 Å². The van der Waals surface area contributed by atoms with Gasteiger partial charge in [0.25, 0.3) is 5.91 Å². The van der Waals surface area contributed by atoms with Crippen molar-refractivity contribution in [2.24, 2.45) is 7.05 Å². The first-order valence-corrected chi connectivity index (χ1v) is 9.65. The Morgan fingerprint density at radius 1 is 1.29 bits per heavy atom. The van der Waals surface area contributed by atoms with Crippen LogP contribution in [0, 0.1) is 5.82 Å². The van der Waals surface area contributed by atoms with Gasteiger partial charge < -0.3 is 5.32 Å². The highest BCUT2D eigenvalue weighted by Gasteiger charge is 2.19. The van der Waals surface area contributed by atoms with Crippen LogP contribution in [0.4, 0.5) is 4.39 Å². The highest BCUT2D eigenvalue weighted by atomic mass is 32.1. The molecule has 4 aromatic rings. The van der Waals surface area contributed by atoms with Crippen LogP contribution >= 0.6 is 11.3 Å². The molecule has 1 N–H and O–H groups in total. The van der Waals surface area contributed by atoms with Crippen molar-refractivity contribution >= 4 is 17.2 Å². The van der Waals surface area contributed by atoms with E-state index in [4.69, 9.17) is 0 Å². The maximum Gasteiger partial charge on any atom is 0.269 e. The number of carbonyl (C=O) groups is 1. The van der Waals surface area contributed by atoms with Gasteiger partial charge in [-0.2, -0.15) is 21.5 Å². The Morgan fingerprint density at radius 3 is 2.79 bits per heavy atom. The number of thiophene rings is 1. The number of amides is 1. The molecule has 28 heavy (non-hydrogen) atoms. The summed E-state index contributed by atoms with van der Waals surface area (Å²) in [4.78, 5) is 12.7. The predicted molar refractivity (Wildman–Crippen MR) is 106 cm³/mol. The Labute approximate surface area is 165 Å². The SMILES string of the molecule is Cn1nc(-c2ccc(F)cc2)cc1C(=O)NC[C@H](c1ccsc1)n1cccn1. The molecule has 4 rings (SSSR count). The van der Waals surface area contributed by atoms with E-state index in [1.807, 2.05) is 28.4 Å². The summed E-state index contributed by atoms with van der Waals surface area (Å²) in [7, 11) is 1.71. The lowest BCUT2D eigenvalue weighted by atomic mass is 10.1. The standard InChI is InChI=1S/C20H18FN5OS/c1-25-18(11-17(24-25)14-3-5-16(21)6-4-14)20(27)22-12-19(15-7-10-28-13-15)26-9-2-8-23-26/h2-11,13,19H,12H2,1H3,(H,22,27)/t19-/m1/s1. The number of rotatable bonds is 6. The molecule has 0 aliphatic carbocycles. The summed E-state index contributed by atoms with van der Waals surface area (Å²) in [6, 6.07) is 11.5. The van der Waals surface area contributed by atoms with Crippen molar-refractivity contribution in [1.29, 1.82) is 0 Å². The van der Waals surface area contributed by atoms with Crippen LogP contribution in [0.1, 0.15) is 22.1 Å². The van der Waals surface area contributed by atoms with Crippen molar-refractivity contribution in [2.45, 2.75) is 6.04 Å². The molecule has 0 bridgehead atoms. The fraction of sp³-hybridized carbons (Fsp3) is 0.150. The zero-order valence-corrected chi connectivity index (χ0v) is 15.9. The average molecular weight is 395 g/mol. The maximum absolute atomic E-state index is 13.1. The monoisotopic (exact) mass is 395 g/mol. The molecular formula is C20H18FN5OS. The lowest BCUT2D eigenvalue weighted by molar-refractivity contribution is 0.0940. The molecule has 1 atom stereocenters. The van der Waals surface area contributed by atoms with Crippen LogP contribution < -0.4 is 5.32 Å². The molecule has 0 saturated heterocycles. The third-order valence-electron chi connectivity index (χ3n) is 4.48. The number of halogens is 1. The van der Waals surface area contributed by atoms with E-state index >= 15 is 0 Å². The van der Waals surface area contributed by atoms with Gasteiger partial charge in [0, 0.05) is 31.5 Å². The molecule has 0 radical (unpaired) electrons. The second kappa shape index (κ2) is 7.77. The van der Waals surface area contributed by atoms with Crippen molar-refractivity contribution < 1.29 is 9.18 Å². The van der Waals surface area contributed by atoms with E-state index in [9.17, 15) is 9.18 Å². The number of nitrogens with one attached hydrogen (secondary N) is 1. The van der Waals surface area contributed by atoms with Gasteiger partial charge in [0.1, 0.15) is 11.5 Å². The summed E-state index contributed by atoms with van der Waals surface area (Å²) >= 11 is 1.61. The zero-order chi connectivity index (χ0) is 19.5. The zero-order valence-electron chi connectivity index (χ0n) is 15.1. The summed E-state index contributed by atoms with van der Waals surface area (Å²) in [6.45, 7) is 0.397. The van der Waals surface area contributed by atoms with Crippen molar-refractivity contribution in [3.05, 3.63) is 82.7 Å². The van der Waals surface area contributed by atoms with Crippen molar-refractivity contribution in [2.75, 3.05) is 6.54 Å². The van der Waals surface area contributed by atoms with E-state index in [0.29, 0.717) is 17.9 Å². The Hall–Kier alpha value is -3.26. The van der Waals surface area contributed by atoms with Crippen LogP contribution in [-0.2, 0) is 7.05 Å². The van der Waals surface area contributed by atoms with Gasteiger partial charge in [-0.25, -0.2) is 4.39 Å². The molecule has 0 aliphatic heterocycles. The van der Waals surface area contributed by atoms with Crippen molar-refractivity contribution in [3.8, 4) is 11.3 Å². The second-order valence-corrected chi connectivity index (χ2v) is 7.09. The van der Waals surface area contributed by atoms with E-state index in [-0.39, 0.29) is 17.8 Å². The van der Waals surface area contributed by atoms with Crippen LogP contribution in [0.15, 0.2) is 65.6 Å². The van der Waals surface area contributed by atoms with Gasteiger partial charge in [0.15, 0.2) is 0 Å². The normalized spacial score (nSPS) is 12.1. The van der Waals surface area contributed by atoms with Crippen LogP contribution in [0.2, 0.25) is 0 Å². The van der Waals surface area contributed by atoms with Gasteiger partial charge in [-0.15, -0.1) is 0 Å². The van der Waals surface area contributed by atoms with Crippen LogP contribution in [0.5, 0.6) is 0 Å². The van der Waals surface area contributed by atoms with Gasteiger partial charge >= 0.3 is 0 Å². The summed E-state index contributed by atoms with van der Waals surface area (Å²) in [5.41, 5.74) is 2.90. The minimum absolute atomic E-state index is 0.0880. The Morgan fingerprint density at radius 2 is 2.11 bits per heavy atom. The Balaban J connectivity index is 1.51. The first-order valence-electron chi connectivity index (χ1n) is 8.71. The van der Waals surface area contributed by atoms with Crippen LogP contribution in [0.3, 0.4) is 0 Å². The van der Waals surface area contributed by atoms with Gasteiger partial charge in [-0.3, -0.25) is 14.2 Å². The van der Waals surface area contributed by atoms with Gasteiger partial charge in [0.2, 0.25) is 0 Å². The maximum atomic E-state index is 13.1. The fourth-order valence-corrected chi connectivity index (χ4v) is 3.72. The number of nitrogens with zero attached hydrogens (tertiary/aromatic N) is 4. The molecule has 0 spiro atoms. The summed E-state index contributed by atoms with van der Waals surface area (Å²) in [5, 5.41) is 15.7. The van der Waals surface area contributed by atoms with Crippen LogP contribution in [0.25, 0.3) is 11.3 Å². The number of benzene rings is 1. The minimum atomic E-state index is -0.309. The third-order valence-corrected chi connectivity index (χ3v) is 5.18. The number of hydrogen-bond acceptors (Lipinski definition) is 4. The molecule has 0 aliphatic rings. The van der Waals surface area contributed by atoms with E-state index in [1.165, 1.54) is 16.8 Å². The molecule has 0 unspecified atom stereocenters. The minimum Gasteiger partial charge on any atom is -0.348 e.